The molecule has 1 aromatic rings. The summed E-state index contributed by atoms with van der Waals surface area (Å²) in [4.78, 5) is 12.2. The van der Waals surface area contributed by atoms with Crippen molar-refractivity contribution in [2.75, 3.05) is 19.8 Å². The van der Waals surface area contributed by atoms with E-state index in [1.807, 2.05) is 6.07 Å². The van der Waals surface area contributed by atoms with E-state index >= 15 is 0 Å². The van der Waals surface area contributed by atoms with Crippen molar-refractivity contribution in [1.82, 2.24) is 10.6 Å². The maximum atomic E-state index is 13.1. The van der Waals surface area contributed by atoms with Gasteiger partial charge in [-0.2, -0.15) is 0 Å². The predicted octanol–water partition coefficient (Wildman–Crippen LogP) is 3.02. The molecule has 23 heavy (non-hydrogen) atoms. The molecule has 126 valence electrons. The van der Waals surface area contributed by atoms with Crippen LogP contribution in [0.1, 0.15) is 37.7 Å². The fraction of sp³-hybridized carbons (Fsp3) is 0.611. The molecule has 2 fully saturated rings. The highest BCUT2D eigenvalue weighted by molar-refractivity contribution is 5.74. The number of hydrogen-bond acceptors (Lipinski definition) is 2. The Bertz CT molecular complexity index is 544. The van der Waals surface area contributed by atoms with Crippen molar-refractivity contribution in [3.05, 3.63) is 35.6 Å². The summed E-state index contributed by atoms with van der Waals surface area (Å²) in [5.74, 6) is -0.237. The van der Waals surface area contributed by atoms with Crippen LogP contribution in [0.4, 0.5) is 9.18 Å². The highest BCUT2D eigenvalue weighted by atomic mass is 19.1. The molecule has 1 aliphatic heterocycles. The van der Waals surface area contributed by atoms with Crippen LogP contribution >= 0.6 is 0 Å². The van der Waals surface area contributed by atoms with Gasteiger partial charge in [-0.05, 0) is 55.2 Å². The molecule has 1 heterocycles. The number of carbonyl (C=O) groups is 1. The molecule has 1 saturated heterocycles. The van der Waals surface area contributed by atoms with Gasteiger partial charge in [0.25, 0.3) is 0 Å². The summed E-state index contributed by atoms with van der Waals surface area (Å²) in [6.45, 7) is 2.12. The summed E-state index contributed by atoms with van der Waals surface area (Å²) in [6, 6.07) is 6.64. The zero-order valence-electron chi connectivity index (χ0n) is 13.4. The molecule has 1 saturated carbocycles. The first kappa shape index (κ1) is 16.2. The standard InChI is InChI=1S/C18H25FN2O2/c19-15-4-1-3-14(13-15)6-10-20-17(22)21-16-5-2-7-18(16)8-11-23-12-9-18/h1,3-4,13,16H,2,5-12H2,(H2,20,21,22)/t16-/m0/s1. The molecular formula is C18H25FN2O2. The van der Waals surface area contributed by atoms with E-state index in [1.165, 1.54) is 25.0 Å². The summed E-state index contributed by atoms with van der Waals surface area (Å²) in [6.07, 6.45) is 6.13. The number of hydrogen-bond donors (Lipinski definition) is 2. The lowest BCUT2D eigenvalue weighted by molar-refractivity contribution is 0.00625. The van der Waals surface area contributed by atoms with E-state index in [4.69, 9.17) is 4.74 Å². The molecule has 4 nitrogen and oxygen atoms in total. The van der Waals surface area contributed by atoms with Gasteiger partial charge in [0.05, 0.1) is 0 Å². The van der Waals surface area contributed by atoms with Crippen molar-refractivity contribution in [3.63, 3.8) is 0 Å². The van der Waals surface area contributed by atoms with E-state index in [9.17, 15) is 9.18 Å². The minimum absolute atomic E-state index is 0.112. The van der Waals surface area contributed by atoms with Gasteiger partial charge in [-0.1, -0.05) is 18.6 Å². The Morgan fingerprint density at radius 3 is 2.91 bits per heavy atom. The van der Waals surface area contributed by atoms with Crippen LogP contribution in [0.25, 0.3) is 0 Å². The molecule has 1 spiro atoms. The number of ether oxygens (including phenoxy) is 1. The quantitative estimate of drug-likeness (QED) is 0.896. The van der Waals surface area contributed by atoms with Crippen LogP contribution in [-0.2, 0) is 11.2 Å². The van der Waals surface area contributed by atoms with Crippen LogP contribution in [0, 0.1) is 11.2 Å². The molecule has 0 radical (unpaired) electrons. The molecule has 3 rings (SSSR count). The number of halogens is 1. The third-order valence-corrected chi connectivity index (χ3v) is 5.29. The van der Waals surface area contributed by atoms with Crippen LogP contribution in [0.3, 0.4) is 0 Å². The Kier molecular flexibility index (Phi) is 5.16. The summed E-state index contributed by atoms with van der Waals surface area (Å²) in [5.41, 5.74) is 1.13. The summed E-state index contributed by atoms with van der Waals surface area (Å²) in [7, 11) is 0. The van der Waals surface area contributed by atoms with Gasteiger partial charge in [0.15, 0.2) is 0 Å². The van der Waals surface area contributed by atoms with Crippen molar-refractivity contribution in [2.45, 2.75) is 44.6 Å². The lowest BCUT2D eigenvalue weighted by atomic mass is 9.75. The number of rotatable bonds is 4. The third kappa shape index (κ3) is 4.02. The second-order valence-corrected chi connectivity index (χ2v) is 6.70. The molecule has 2 N–H and O–H groups in total. The Hall–Kier alpha value is -1.62. The number of nitrogens with one attached hydrogen (secondary N) is 2. The molecule has 5 heteroatoms. The summed E-state index contributed by atoms with van der Waals surface area (Å²) in [5, 5.41) is 6.05. The average molecular weight is 320 g/mol. The predicted molar refractivity (Wildman–Crippen MR) is 86.8 cm³/mol. The van der Waals surface area contributed by atoms with Gasteiger partial charge < -0.3 is 15.4 Å². The lowest BCUT2D eigenvalue weighted by Gasteiger charge is -2.39. The molecule has 1 aromatic carbocycles. The van der Waals surface area contributed by atoms with Crippen molar-refractivity contribution in [3.8, 4) is 0 Å². The first-order valence-corrected chi connectivity index (χ1v) is 8.55. The number of carbonyl (C=O) groups excluding carboxylic acids is 1. The largest absolute Gasteiger partial charge is 0.381 e. The van der Waals surface area contributed by atoms with Gasteiger partial charge in [0, 0.05) is 25.8 Å². The molecule has 1 atom stereocenters. The average Bonchev–Trinajstić information content (AvgIpc) is 2.90. The van der Waals surface area contributed by atoms with Crippen LogP contribution in [0.15, 0.2) is 24.3 Å². The van der Waals surface area contributed by atoms with E-state index in [0.717, 1.165) is 38.0 Å². The zero-order valence-corrected chi connectivity index (χ0v) is 13.4. The molecule has 2 amide bonds. The van der Waals surface area contributed by atoms with Crippen LogP contribution in [-0.4, -0.2) is 31.8 Å². The second kappa shape index (κ2) is 7.30. The Morgan fingerprint density at radius 2 is 2.13 bits per heavy atom. The van der Waals surface area contributed by atoms with E-state index in [0.29, 0.717) is 13.0 Å². The highest BCUT2D eigenvalue weighted by Gasteiger charge is 2.44. The number of benzene rings is 1. The highest BCUT2D eigenvalue weighted by Crippen LogP contribution is 2.45. The van der Waals surface area contributed by atoms with Crippen molar-refractivity contribution < 1.29 is 13.9 Å². The van der Waals surface area contributed by atoms with Crippen LogP contribution < -0.4 is 10.6 Å². The normalized spacial score (nSPS) is 22.9. The van der Waals surface area contributed by atoms with Gasteiger partial charge >= 0.3 is 6.03 Å². The van der Waals surface area contributed by atoms with Crippen molar-refractivity contribution in [1.29, 1.82) is 0 Å². The van der Waals surface area contributed by atoms with Gasteiger partial charge in [-0.3, -0.25) is 0 Å². The van der Waals surface area contributed by atoms with Gasteiger partial charge in [0.2, 0.25) is 0 Å². The smallest absolute Gasteiger partial charge is 0.315 e. The fourth-order valence-corrected chi connectivity index (χ4v) is 3.96. The molecule has 1 aliphatic carbocycles. The Balaban J connectivity index is 1.45. The van der Waals surface area contributed by atoms with Crippen molar-refractivity contribution >= 4 is 6.03 Å². The van der Waals surface area contributed by atoms with Crippen LogP contribution in [0.2, 0.25) is 0 Å². The summed E-state index contributed by atoms with van der Waals surface area (Å²) >= 11 is 0. The fourth-order valence-electron chi connectivity index (χ4n) is 3.96. The zero-order chi connectivity index (χ0) is 16.1. The lowest BCUT2D eigenvalue weighted by Crippen LogP contribution is -2.50. The van der Waals surface area contributed by atoms with Gasteiger partial charge in [-0.25, -0.2) is 9.18 Å². The van der Waals surface area contributed by atoms with E-state index in [1.54, 1.807) is 6.07 Å². The number of urea groups is 1. The van der Waals surface area contributed by atoms with Gasteiger partial charge in [0.1, 0.15) is 5.82 Å². The molecule has 0 bridgehead atoms. The minimum Gasteiger partial charge on any atom is -0.381 e. The Labute approximate surface area is 136 Å². The topological polar surface area (TPSA) is 50.4 Å². The number of amides is 2. The summed E-state index contributed by atoms with van der Waals surface area (Å²) < 4.78 is 18.6. The third-order valence-electron chi connectivity index (χ3n) is 5.29. The van der Waals surface area contributed by atoms with E-state index in [-0.39, 0.29) is 23.3 Å². The molecular weight excluding hydrogens is 295 g/mol. The monoisotopic (exact) mass is 320 g/mol. The molecule has 0 aromatic heterocycles. The van der Waals surface area contributed by atoms with Gasteiger partial charge in [-0.15, -0.1) is 0 Å². The molecule has 2 aliphatic rings. The van der Waals surface area contributed by atoms with E-state index < -0.39 is 0 Å². The SMILES string of the molecule is O=C(NCCc1cccc(F)c1)N[C@H]1CCCC12CCOCC2. The first-order valence-electron chi connectivity index (χ1n) is 8.55. The van der Waals surface area contributed by atoms with E-state index in [2.05, 4.69) is 10.6 Å². The molecule has 0 unspecified atom stereocenters. The second-order valence-electron chi connectivity index (χ2n) is 6.70. The van der Waals surface area contributed by atoms with Crippen LogP contribution in [0.5, 0.6) is 0 Å². The maximum Gasteiger partial charge on any atom is 0.315 e. The Morgan fingerprint density at radius 1 is 1.30 bits per heavy atom. The maximum absolute atomic E-state index is 13.1. The first-order chi connectivity index (χ1) is 11.2. The van der Waals surface area contributed by atoms with Crippen molar-refractivity contribution in [2.24, 2.45) is 5.41 Å². The minimum atomic E-state index is -0.237.